The Bertz CT molecular complexity index is 1350. The van der Waals surface area contributed by atoms with E-state index in [0.717, 1.165) is 21.3 Å². The van der Waals surface area contributed by atoms with Crippen molar-refractivity contribution in [3.05, 3.63) is 106 Å². The van der Waals surface area contributed by atoms with Gasteiger partial charge >= 0.3 is 0 Å². The molecule has 4 aromatic rings. The van der Waals surface area contributed by atoms with Crippen molar-refractivity contribution < 1.29 is 9.72 Å². The number of amides is 1. The van der Waals surface area contributed by atoms with E-state index in [1.165, 1.54) is 40.6 Å². The van der Waals surface area contributed by atoms with Crippen molar-refractivity contribution in [2.24, 2.45) is 5.10 Å². The summed E-state index contributed by atoms with van der Waals surface area (Å²) in [6, 6.07) is 21.4. The second-order valence-electron chi connectivity index (χ2n) is 6.96. The molecule has 158 valence electrons. The van der Waals surface area contributed by atoms with Crippen LogP contribution < -0.4 is 5.01 Å². The number of nitrogens with zero attached hydrogens (tertiary/aromatic N) is 4. The molecule has 1 heterocycles. The molecule has 0 atom stereocenters. The van der Waals surface area contributed by atoms with Crippen LogP contribution in [0, 0.1) is 17.0 Å². The van der Waals surface area contributed by atoms with E-state index in [2.05, 4.69) is 10.1 Å². The van der Waals surface area contributed by atoms with Crippen molar-refractivity contribution in [2.75, 3.05) is 5.01 Å². The molecule has 1 amide bonds. The van der Waals surface area contributed by atoms with Gasteiger partial charge in [0.05, 0.1) is 21.4 Å². The fourth-order valence-corrected chi connectivity index (χ4v) is 3.98. The molecule has 0 spiro atoms. The topological polar surface area (TPSA) is 88.7 Å². The first-order valence-corrected chi connectivity index (χ1v) is 10.5. The number of aromatic nitrogens is 1. The summed E-state index contributed by atoms with van der Waals surface area (Å²) in [5, 5.41) is 17.1. The first-order valence-electron chi connectivity index (χ1n) is 9.72. The minimum Gasteiger partial charge on any atom is -0.267 e. The third-order valence-corrected chi connectivity index (χ3v) is 5.54. The maximum atomic E-state index is 13.1. The Balaban J connectivity index is 1.67. The number of fused-ring (bicyclic) bond motifs is 1. The summed E-state index contributed by atoms with van der Waals surface area (Å²) in [6.07, 6.45) is 4.45. The summed E-state index contributed by atoms with van der Waals surface area (Å²) >= 11 is 1.37. The molecule has 0 fully saturated rings. The van der Waals surface area contributed by atoms with Gasteiger partial charge < -0.3 is 0 Å². The highest BCUT2D eigenvalue weighted by Crippen LogP contribution is 2.30. The lowest BCUT2D eigenvalue weighted by molar-refractivity contribution is -0.384. The summed E-state index contributed by atoms with van der Waals surface area (Å²) in [5.74, 6) is -0.417. The van der Waals surface area contributed by atoms with Gasteiger partial charge in [-0.15, -0.1) is 0 Å². The van der Waals surface area contributed by atoms with Gasteiger partial charge in [0, 0.05) is 18.2 Å². The number of aryl methyl sites for hydroxylation is 1. The van der Waals surface area contributed by atoms with Crippen LogP contribution in [0.3, 0.4) is 0 Å². The van der Waals surface area contributed by atoms with Gasteiger partial charge in [-0.2, -0.15) is 10.1 Å². The van der Waals surface area contributed by atoms with Gasteiger partial charge in [-0.05, 0) is 41.8 Å². The van der Waals surface area contributed by atoms with Crippen LogP contribution in [0.15, 0.2) is 84.0 Å². The van der Waals surface area contributed by atoms with E-state index in [9.17, 15) is 14.9 Å². The monoisotopic (exact) mass is 442 g/mol. The zero-order chi connectivity index (χ0) is 22.5. The average molecular weight is 443 g/mol. The molecule has 8 heteroatoms. The lowest BCUT2D eigenvalue weighted by Crippen LogP contribution is -2.23. The molecule has 0 N–H and O–H groups in total. The van der Waals surface area contributed by atoms with E-state index in [4.69, 9.17) is 0 Å². The zero-order valence-corrected chi connectivity index (χ0v) is 17.9. The third kappa shape index (κ3) is 4.93. The summed E-state index contributed by atoms with van der Waals surface area (Å²) in [6.45, 7) is 2.00. The second-order valence-corrected chi connectivity index (χ2v) is 7.97. The maximum absolute atomic E-state index is 13.1. The highest BCUT2D eigenvalue weighted by molar-refractivity contribution is 7.22. The molecule has 3 aromatic carbocycles. The van der Waals surface area contributed by atoms with Crippen molar-refractivity contribution in [3.8, 4) is 0 Å². The number of anilines is 1. The molecule has 0 saturated carbocycles. The molecule has 0 aliphatic rings. The number of nitro groups is 1. The third-order valence-electron chi connectivity index (χ3n) is 4.54. The molecule has 1 aromatic heterocycles. The summed E-state index contributed by atoms with van der Waals surface area (Å²) in [4.78, 5) is 28.1. The van der Waals surface area contributed by atoms with Crippen LogP contribution in [-0.2, 0) is 4.79 Å². The predicted octanol–water partition coefficient (Wildman–Crippen LogP) is 5.59. The predicted molar refractivity (Wildman–Crippen MR) is 128 cm³/mol. The molecule has 0 unspecified atom stereocenters. The SMILES string of the molecule is Cc1ccc2nc(N(/N=C/c3ccccc3)C(=O)/C=C/c3cccc([N+](=O)[O-])c3)sc2c1. The molecule has 7 nitrogen and oxygen atoms in total. The number of benzene rings is 3. The molecule has 4 rings (SSSR count). The van der Waals surface area contributed by atoms with Gasteiger partial charge in [-0.25, -0.2) is 4.98 Å². The molecule has 0 aliphatic carbocycles. The van der Waals surface area contributed by atoms with Crippen LogP contribution in [0.1, 0.15) is 16.7 Å². The molecular formula is C24H18N4O3S. The van der Waals surface area contributed by atoms with Crippen LogP contribution in [0.25, 0.3) is 16.3 Å². The van der Waals surface area contributed by atoms with Crippen molar-refractivity contribution >= 4 is 50.6 Å². The maximum Gasteiger partial charge on any atom is 0.273 e. The fraction of sp³-hybridized carbons (Fsp3) is 0.0417. The average Bonchev–Trinajstić information content (AvgIpc) is 3.21. The minimum absolute atomic E-state index is 0.0416. The van der Waals surface area contributed by atoms with E-state index < -0.39 is 10.8 Å². The molecular weight excluding hydrogens is 424 g/mol. The minimum atomic E-state index is -0.473. The number of hydrogen-bond donors (Lipinski definition) is 0. The van der Waals surface area contributed by atoms with Gasteiger partial charge in [0.1, 0.15) is 0 Å². The first-order chi connectivity index (χ1) is 15.5. The molecule has 0 bridgehead atoms. The Labute approximate surface area is 188 Å². The van der Waals surface area contributed by atoms with Crippen molar-refractivity contribution in [1.82, 2.24) is 4.98 Å². The van der Waals surface area contributed by atoms with Crippen molar-refractivity contribution in [2.45, 2.75) is 6.92 Å². The zero-order valence-electron chi connectivity index (χ0n) is 17.1. The van der Waals surface area contributed by atoms with E-state index in [1.807, 2.05) is 55.5 Å². The van der Waals surface area contributed by atoms with Gasteiger partial charge in [-0.1, -0.05) is 59.9 Å². The van der Waals surface area contributed by atoms with Crippen LogP contribution in [-0.4, -0.2) is 22.0 Å². The van der Waals surface area contributed by atoms with Crippen LogP contribution in [0.2, 0.25) is 0 Å². The smallest absolute Gasteiger partial charge is 0.267 e. The number of nitro benzene ring substituents is 1. The lowest BCUT2D eigenvalue weighted by Gasteiger charge is -2.11. The Morgan fingerprint density at radius 2 is 1.84 bits per heavy atom. The lowest BCUT2D eigenvalue weighted by atomic mass is 10.2. The van der Waals surface area contributed by atoms with Gasteiger partial charge in [0.15, 0.2) is 0 Å². The largest absolute Gasteiger partial charge is 0.273 e. The van der Waals surface area contributed by atoms with E-state index in [0.29, 0.717) is 10.7 Å². The van der Waals surface area contributed by atoms with Gasteiger partial charge in [0.2, 0.25) is 5.13 Å². The summed E-state index contributed by atoms with van der Waals surface area (Å²) < 4.78 is 0.954. The number of carbonyl (C=O) groups is 1. The quantitative estimate of drug-likeness (QED) is 0.168. The summed E-state index contributed by atoms with van der Waals surface area (Å²) in [7, 11) is 0. The highest BCUT2D eigenvalue weighted by atomic mass is 32.1. The summed E-state index contributed by atoms with van der Waals surface area (Å²) in [5.41, 5.74) is 3.22. The van der Waals surface area contributed by atoms with Crippen LogP contribution >= 0.6 is 11.3 Å². The van der Waals surface area contributed by atoms with Crippen LogP contribution in [0.4, 0.5) is 10.8 Å². The second kappa shape index (κ2) is 9.32. The Morgan fingerprint density at radius 3 is 2.62 bits per heavy atom. The number of hydrazone groups is 1. The number of rotatable bonds is 6. The highest BCUT2D eigenvalue weighted by Gasteiger charge is 2.17. The number of thiazole rings is 1. The molecule has 0 saturated heterocycles. The Morgan fingerprint density at radius 1 is 1.06 bits per heavy atom. The van der Waals surface area contributed by atoms with E-state index in [1.54, 1.807) is 18.3 Å². The Kier molecular flexibility index (Phi) is 6.14. The Hall–Kier alpha value is -4.17. The van der Waals surface area contributed by atoms with Crippen LogP contribution in [0.5, 0.6) is 0 Å². The normalized spacial score (nSPS) is 11.4. The van der Waals surface area contributed by atoms with Crippen molar-refractivity contribution in [3.63, 3.8) is 0 Å². The van der Waals surface area contributed by atoms with E-state index >= 15 is 0 Å². The van der Waals surface area contributed by atoms with Gasteiger partial charge in [-0.3, -0.25) is 14.9 Å². The van der Waals surface area contributed by atoms with Crippen molar-refractivity contribution in [1.29, 1.82) is 0 Å². The molecule has 0 radical (unpaired) electrons. The standard InChI is InChI=1S/C24H18N4O3S/c1-17-10-12-21-22(14-17)32-24(26-21)27(25-16-19-6-3-2-4-7-19)23(29)13-11-18-8-5-9-20(15-18)28(30)31/h2-16H,1H3/b13-11+,25-16+. The van der Waals surface area contributed by atoms with Gasteiger partial charge in [0.25, 0.3) is 11.6 Å². The number of carbonyl (C=O) groups excluding carboxylic acids is 1. The molecule has 0 aliphatic heterocycles. The number of non-ortho nitro benzene ring substituents is 1. The molecule has 32 heavy (non-hydrogen) atoms. The fourth-order valence-electron chi connectivity index (χ4n) is 2.95. The van der Waals surface area contributed by atoms with E-state index in [-0.39, 0.29) is 5.69 Å². The first kappa shape index (κ1) is 21.1. The number of hydrogen-bond acceptors (Lipinski definition) is 6.